The minimum Gasteiger partial charge on any atom is -0.491 e. The Kier molecular flexibility index (Phi) is 8.66. The largest absolute Gasteiger partial charge is 0.491 e. The van der Waals surface area contributed by atoms with Gasteiger partial charge in [-0.2, -0.15) is 4.39 Å². The summed E-state index contributed by atoms with van der Waals surface area (Å²) in [7, 11) is -1.11. The molecule has 6 nitrogen and oxygen atoms in total. The minimum absolute atomic E-state index is 0.0347. The van der Waals surface area contributed by atoms with Gasteiger partial charge in [-0.15, -0.1) is 0 Å². The lowest BCUT2D eigenvalue weighted by molar-refractivity contribution is -0.126. The fraction of sp³-hybridized carbons (Fsp3) is 0.400. The molecule has 1 aliphatic heterocycles. The Balaban J connectivity index is 0.000000234. The van der Waals surface area contributed by atoms with E-state index in [2.05, 4.69) is 10.3 Å². The highest BCUT2D eigenvalue weighted by atomic mass is 32.2. The number of aromatic nitrogens is 1. The monoisotopic (exact) mass is 426 g/mol. The van der Waals surface area contributed by atoms with Gasteiger partial charge in [0.05, 0.1) is 40.3 Å². The minimum atomic E-state index is -1.11. The summed E-state index contributed by atoms with van der Waals surface area (Å²) in [5.74, 6) is -2.00. The number of benzene rings is 1. The van der Waals surface area contributed by atoms with Crippen LogP contribution in [-0.4, -0.2) is 40.2 Å². The number of amides is 1. The third kappa shape index (κ3) is 6.86. The van der Waals surface area contributed by atoms with Crippen LogP contribution < -0.4 is 10.1 Å². The molecule has 1 fully saturated rings. The lowest BCUT2D eigenvalue weighted by Crippen LogP contribution is -2.27. The zero-order valence-electron chi connectivity index (χ0n) is 16.5. The molecule has 0 aliphatic carbocycles. The number of carbonyl (C=O) groups is 1. The summed E-state index contributed by atoms with van der Waals surface area (Å²) in [6, 6.07) is 5.52. The molecule has 3 unspecified atom stereocenters. The topological polar surface area (TPSA) is 77.5 Å². The lowest BCUT2D eigenvalue weighted by atomic mass is 10.2. The molecule has 3 rings (SSSR count). The van der Waals surface area contributed by atoms with Gasteiger partial charge in [0.15, 0.2) is 11.6 Å². The number of halogens is 2. The first-order chi connectivity index (χ1) is 13.8. The van der Waals surface area contributed by atoms with Crippen LogP contribution >= 0.6 is 0 Å². The van der Waals surface area contributed by atoms with E-state index >= 15 is 0 Å². The molecule has 1 amide bonds. The van der Waals surface area contributed by atoms with Gasteiger partial charge in [-0.05, 0) is 44.9 Å². The smallest absolute Gasteiger partial charge is 0.253 e. The van der Waals surface area contributed by atoms with Crippen molar-refractivity contribution in [2.24, 2.45) is 0 Å². The number of pyridine rings is 1. The molecule has 1 aliphatic rings. The van der Waals surface area contributed by atoms with Crippen molar-refractivity contribution in [3.8, 4) is 5.75 Å². The van der Waals surface area contributed by atoms with Gasteiger partial charge in [0.25, 0.3) is 5.91 Å². The number of hydrogen-bond donors (Lipinski definition) is 1. The van der Waals surface area contributed by atoms with Crippen molar-refractivity contribution in [3.05, 3.63) is 48.3 Å². The maximum Gasteiger partial charge on any atom is 0.253 e. The van der Waals surface area contributed by atoms with Crippen molar-refractivity contribution in [2.75, 3.05) is 18.2 Å². The van der Waals surface area contributed by atoms with Gasteiger partial charge < -0.3 is 14.8 Å². The maximum absolute atomic E-state index is 12.7. The van der Waals surface area contributed by atoms with Gasteiger partial charge in [0.2, 0.25) is 5.82 Å². The highest BCUT2D eigenvalue weighted by Gasteiger charge is 2.28. The van der Waals surface area contributed by atoms with Crippen molar-refractivity contribution in [3.63, 3.8) is 0 Å². The van der Waals surface area contributed by atoms with Crippen LogP contribution in [-0.2, 0) is 20.3 Å². The SMILES string of the molecule is CC1CCC(C(=O)Nc2cncc(S(C)=O)c2)O1.CCOc1cccc(F)c1F. The quantitative estimate of drug-likeness (QED) is 0.789. The Morgan fingerprint density at radius 2 is 2.10 bits per heavy atom. The highest BCUT2D eigenvalue weighted by molar-refractivity contribution is 7.84. The number of ether oxygens (including phenoxy) is 2. The molecule has 1 N–H and O–H groups in total. The summed E-state index contributed by atoms with van der Waals surface area (Å²) >= 11 is 0. The molecule has 3 atom stereocenters. The zero-order valence-corrected chi connectivity index (χ0v) is 17.3. The van der Waals surface area contributed by atoms with Gasteiger partial charge in [0, 0.05) is 12.5 Å². The Morgan fingerprint density at radius 1 is 1.34 bits per heavy atom. The summed E-state index contributed by atoms with van der Waals surface area (Å²) in [6.45, 7) is 4.00. The Bertz CT molecular complexity index is 866. The van der Waals surface area contributed by atoms with E-state index < -0.39 is 28.5 Å². The predicted octanol–water partition coefficient (Wildman–Crippen LogP) is 3.69. The second-order valence-electron chi connectivity index (χ2n) is 6.35. The predicted molar refractivity (Wildman–Crippen MR) is 106 cm³/mol. The second-order valence-corrected chi connectivity index (χ2v) is 7.73. The van der Waals surface area contributed by atoms with E-state index in [1.54, 1.807) is 19.2 Å². The molecule has 2 aromatic rings. The molecule has 0 spiro atoms. The molecule has 1 aromatic carbocycles. The summed E-state index contributed by atoms with van der Waals surface area (Å²) in [5, 5.41) is 2.74. The fourth-order valence-corrected chi connectivity index (χ4v) is 3.12. The van der Waals surface area contributed by atoms with Gasteiger partial charge in [-0.25, -0.2) is 4.39 Å². The van der Waals surface area contributed by atoms with Crippen molar-refractivity contribution in [2.45, 2.75) is 43.8 Å². The fourth-order valence-electron chi connectivity index (χ4n) is 2.61. The Labute approximate surface area is 171 Å². The third-order valence-electron chi connectivity index (χ3n) is 4.05. The molecule has 0 bridgehead atoms. The van der Waals surface area contributed by atoms with Crippen LogP contribution in [0.2, 0.25) is 0 Å². The average molecular weight is 426 g/mol. The first-order valence-corrected chi connectivity index (χ1v) is 10.7. The Hall–Kier alpha value is -2.39. The Morgan fingerprint density at radius 3 is 2.72 bits per heavy atom. The summed E-state index contributed by atoms with van der Waals surface area (Å²) in [4.78, 5) is 16.4. The molecule has 1 saturated heterocycles. The maximum atomic E-state index is 12.7. The molecular formula is C20H24F2N2O4S. The normalized spacial score (nSPS) is 19.1. The number of anilines is 1. The van der Waals surface area contributed by atoms with Gasteiger partial charge in [-0.3, -0.25) is 14.0 Å². The van der Waals surface area contributed by atoms with Crippen LogP contribution in [0.15, 0.2) is 41.6 Å². The van der Waals surface area contributed by atoms with E-state index in [1.165, 1.54) is 24.5 Å². The number of rotatable bonds is 5. The molecule has 29 heavy (non-hydrogen) atoms. The van der Waals surface area contributed by atoms with E-state index in [1.807, 2.05) is 6.92 Å². The molecular weight excluding hydrogens is 402 g/mol. The van der Waals surface area contributed by atoms with Crippen molar-refractivity contribution >= 4 is 22.4 Å². The van der Waals surface area contributed by atoms with E-state index in [0.29, 0.717) is 17.2 Å². The van der Waals surface area contributed by atoms with Crippen LogP contribution in [0.4, 0.5) is 14.5 Å². The van der Waals surface area contributed by atoms with Gasteiger partial charge in [-0.1, -0.05) is 6.07 Å². The van der Waals surface area contributed by atoms with Gasteiger partial charge in [0.1, 0.15) is 6.10 Å². The van der Waals surface area contributed by atoms with E-state index in [0.717, 1.165) is 18.9 Å². The van der Waals surface area contributed by atoms with E-state index in [-0.39, 0.29) is 17.8 Å². The lowest BCUT2D eigenvalue weighted by Gasteiger charge is -2.11. The molecule has 0 radical (unpaired) electrons. The summed E-state index contributed by atoms with van der Waals surface area (Å²) < 4.78 is 46.7. The standard InChI is InChI=1S/C12H16N2O3S.C8H8F2O/c1-8-3-4-11(17-8)12(15)14-9-5-10(18(2)16)7-13-6-9;1-2-11-7-5-3-4-6(9)8(7)10/h5-8,11H,3-4H2,1-2H3,(H,14,15);3-5H,2H2,1H3. The van der Waals surface area contributed by atoms with E-state index in [4.69, 9.17) is 9.47 Å². The van der Waals surface area contributed by atoms with Crippen molar-refractivity contribution in [1.29, 1.82) is 0 Å². The molecule has 2 heterocycles. The second kappa shape index (κ2) is 11.0. The third-order valence-corrected chi connectivity index (χ3v) is 4.94. The highest BCUT2D eigenvalue weighted by Crippen LogP contribution is 2.21. The number of nitrogens with one attached hydrogen (secondary N) is 1. The molecule has 158 valence electrons. The first kappa shape index (κ1) is 22.9. The first-order valence-electron chi connectivity index (χ1n) is 9.13. The van der Waals surface area contributed by atoms with Crippen molar-refractivity contribution < 1.29 is 27.3 Å². The van der Waals surface area contributed by atoms with Crippen LogP contribution in [0, 0.1) is 11.6 Å². The molecule has 0 saturated carbocycles. The number of carbonyl (C=O) groups excluding carboxylic acids is 1. The summed E-state index contributed by atoms with van der Waals surface area (Å²) in [5.41, 5.74) is 0.552. The van der Waals surface area contributed by atoms with E-state index in [9.17, 15) is 17.8 Å². The number of hydrogen-bond acceptors (Lipinski definition) is 5. The van der Waals surface area contributed by atoms with Crippen LogP contribution in [0.3, 0.4) is 0 Å². The average Bonchev–Trinajstić information content (AvgIpc) is 3.13. The van der Waals surface area contributed by atoms with Crippen LogP contribution in [0.25, 0.3) is 0 Å². The van der Waals surface area contributed by atoms with Crippen LogP contribution in [0.5, 0.6) is 5.75 Å². The summed E-state index contributed by atoms with van der Waals surface area (Å²) in [6.07, 6.45) is 6.01. The van der Waals surface area contributed by atoms with Crippen LogP contribution in [0.1, 0.15) is 26.7 Å². The number of nitrogens with zero attached hydrogens (tertiary/aromatic N) is 1. The zero-order chi connectivity index (χ0) is 21.4. The van der Waals surface area contributed by atoms with Gasteiger partial charge >= 0.3 is 0 Å². The van der Waals surface area contributed by atoms with Crippen molar-refractivity contribution in [1.82, 2.24) is 4.98 Å². The molecule has 1 aromatic heterocycles. The molecule has 9 heteroatoms.